The second kappa shape index (κ2) is 10.1. The number of halogens is 3. The van der Waals surface area contributed by atoms with Crippen LogP contribution in [0.5, 0.6) is 11.5 Å². The van der Waals surface area contributed by atoms with Crippen molar-refractivity contribution in [2.24, 2.45) is 4.99 Å². The first kappa shape index (κ1) is 24.2. The topological polar surface area (TPSA) is 100 Å². The number of non-ortho nitro benzene ring substituents is 1. The molecule has 0 aliphatic carbocycles. The van der Waals surface area contributed by atoms with E-state index in [9.17, 15) is 19.3 Å². The van der Waals surface area contributed by atoms with Gasteiger partial charge in [-0.3, -0.25) is 10.1 Å². The molecule has 0 radical (unpaired) electrons. The van der Waals surface area contributed by atoms with Crippen LogP contribution in [0.2, 0.25) is 10.0 Å². The molecule has 1 aliphatic rings. The van der Waals surface area contributed by atoms with Crippen LogP contribution in [0.1, 0.15) is 16.7 Å². The van der Waals surface area contributed by atoms with Crippen molar-refractivity contribution in [3.05, 3.63) is 103 Å². The molecule has 4 rings (SSSR count). The number of esters is 1. The largest absolute Gasteiger partial charge is 0.493 e. The SMILES string of the molecule is COc1cc(/C=C2\N=C(c3cc([N+](=O)[O-])ccc3Cl)OC2=O)cc(Cl)c1OCc1cccc(F)c1. The van der Waals surface area contributed by atoms with E-state index < -0.39 is 10.9 Å². The Morgan fingerprint density at radius 3 is 2.66 bits per heavy atom. The fraction of sp³-hybridized carbons (Fsp3) is 0.0833. The summed E-state index contributed by atoms with van der Waals surface area (Å²) in [6, 6.07) is 12.8. The minimum absolute atomic E-state index is 0.0538. The molecule has 0 aromatic heterocycles. The molecule has 0 atom stereocenters. The number of nitro groups is 1. The van der Waals surface area contributed by atoms with Gasteiger partial charge < -0.3 is 14.2 Å². The summed E-state index contributed by atoms with van der Waals surface area (Å²) in [5.41, 5.74) is 0.853. The van der Waals surface area contributed by atoms with E-state index in [1.54, 1.807) is 18.2 Å². The Morgan fingerprint density at radius 2 is 1.94 bits per heavy atom. The molecule has 11 heteroatoms. The highest BCUT2D eigenvalue weighted by Gasteiger charge is 2.27. The lowest BCUT2D eigenvalue weighted by Gasteiger charge is -2.13. The van der Waals surface area contributed by atoms with E-state index >= 15 is 0 Å². The molecule has 0 fully saturated rings. The number of nitrogens with zero attached hydrogens (tertiary/aromatic N) is 2. The molecule has 0 unspecified atom stereocenters. The Kier molecular flexibility index (Phi) is 6.99. The van der Waals surface area contributed by atoms with Crippen LogP contribution in [0.3, 0.4) is 0 Å². The summed E-state index contributed by atoms with van der Waals surface area (Å²) in [7, 11) is 1.42. The highest BCUT2D eigenvalue weighted by Crippen LogP contribution is 2.38. The van der Waals surface area contributed by atoms with Crippen molar-refractivity contribution in [1.82, 2.24) is 0 Å². The van der Waals surface area contributed by atoms with Gasteiger partial charge in [-0.15, -0.1) is 0 Å². The van der Waals surface area contributed by atoms with Crippen LogP contribution in [-0.4, -0.2) is 23.9 Å². The van der Waals surface area contributed by atoms with Crippen molar-refractivity contribution >= 4 is 46.8 Å². The molecular formula is C24H15Cl2FN2O6. The zero-order chi connectivity index (χ0) is 25.1. The lowest BCUT2D eigenvalue weighted by atomic mass is 10.1. The smallest absolute Gasteiger partial charge is 0.363 e. The lowest BCUT2D eigenvalue weighted by Crippen LogP contribution is -2.06. The lowest BCUT2D eigenvalue weighted by molar-refractivity contribution is -0.384. The molecule has 3 aromatic rings. The van der Waals surface area contributed by atoms with Crippen molar-refractivity contribution in [2.45, 2.75) is 6.61 Å². The summed E-state index contributed by atoms with van der Waals surface area (Å²) in [6.07, 6.45) is 1.41. The molecule has 8 nitrogen and oxygen atoms in total. The summed E-state index contributed by atoms with van der Waals surface area (Å²) >= 11 is 12.5. The van der Waals surface area contributed by atoms with Crippen molar-refractivity contribution in [3.63, 3.8) is 0 Å². The highest BCUT2D eigenvalue weighted by molar-refractivity contribution is 6.34. The molecule has 0 spiro atoms. The number of nitro benzene ring substituents is 1. The number of hydrogen-bond acceptors (Lipinski definition) is 7. The maximum absolute atomic E-state index is 13.4. The van der Waals surface area contributed by atoms with E-state index in [0.717, 1.165) is 0 Å². The fourth-order valence-corrected chi connectivity index (χ4v) is 3.69. The Labute approximate surface area is 208 Å². The predicted octanol–water partition coefficient (Wildman–Crippen LogP) is 5.97. The van der Waals surface area contributed by atoms with E-state index in [1.165, 1.54) is 49.6 Å². The van der Waals surface area contributed by atoms with E-state index in [1.807, 2.05) is 0 Å². The maximum atomic E-state index is 13.4. The number of hydrogen-bond donors (Lipinski definition) is 0. The number of ether oxygens (including phenoxy) is 3. The van der Waals surface area contributed by atoms with Gasteiger partial charge in [-0.1, -0.05) is 35.3 Å². The molecule has 178 valence electrons. The summed E-state index contributed by atoms with van der Waals surface area (Å²) in [4.78, 5) is 27.0. The van der Waals surface area contributed by atoms with Crippen LogP contribution in [-0.2, 0) is 16.1 Å². The van der Waals surface area contributed by atoms with Gasteiger partial charge in [-0.05, 0) is 47.5 Å². The first-order valence-corrected chi connectivity index (χ1v) is 10.7. The number of aliphatic imine (C=N–C) groups is 1. The molecule has 0 saturated heterocycles. The van der Waals surface area contributed by atoms with Gasteiger partial charge in [0.15, 0.2) is 17.2 Å². The van der Waals surface area contributed by atoms with Gasteiger partial charge >= 0.3 is 5.97 Å². The molecule has 0 amide bonds. The highest BCUT2D eigenvalue weighted by atomic mass is 35.5. The Morgan fingerprint density at radius 1 is 1.14 bits per heavy atom. The quantitative estimate of drug-likeness (QED) is 0.166. The van der Waals surface area contributed by atoms with Crippen molar-refractivity contribution in [2.75, 3.05) is 7.11 Å². The average Bonchev–Trinajstić information content (AvgIpc) is 3.18. The van der Waals surface area contributed by atoms with Crippen molar-refractivity contribution < 1.29 is 28.3 Å². The Balaban J connectivity index is 1.62. The average molecular weight is 517 g/mol. The third kappa shape index (κ3) is 5.42. The number of cyclic esters (lactones) is 1. The van der Waals surface area contributed by atoms with Crippen LogP contribution in [0.4, 0.5) is 10.1 Å². The van der Waals surface area contributed by atoms with Gasteiger partial charge in [0, 0.05) is 12.1 Å². The molecule has 0 bridgehead atoms. The van der Waals surface area contributed by atoms with Crippen LogP contribution < -0.4 is 9.47 Å². The van der Waals surface area contributed by atoms with Gasteiger partial charge in [0.1, 0.15) is 12.4 Å². The first-order chi connectivity index (χ1) is 16.7. The standard InChI is InChI=1S/C24H15Cl2FN2O6/c1-33-21-10-14(8-19(26)22(21)34-12-13-3-2-4-15(27)7-13)9-20-24(30)35-23(28-20)17-11-16(29(31)32)5-6-18(17)25/h2-11H,12H2,1H3/b20-9-. The van der Waals surface area contributed by atoms with Gasteiger partial charge in [0.25, 0.3) is 5.69 Å². The normalized spacial score (nSPS) is 14.0. The monoisotopic (exact) mass is 516 g/mol. The summed E-state index contributed by atoms with van der Waals surface area (Å²) < 4.78 is 29.7. The number of carbonyl (C=O) groups is 1. The van der Waals surface area contributed by atoms with E-state index in [2.05, 4.69) is 4.99 Å². The molecule has 35 heavy (non-hydrogen) atoms. The number of methoxy groups -OCH3 is 1. The van der Waals surface area contributed by atoms with E-state index in [4.69, 9.17) is 37.4 Å². The zero-order valence-electron chi connectivity index (χ0n) is 18.0. The van der Waals surface area contributed by atoms with Crippen LogP contribution >= 0.6 is 23.2 Å². The molecule has 1 aliphatic heterocycles. The van der Waals surface area contributed by atoms with E-state index in [-0.39, 0.29) is 56.8 Å². The summed E-state index contributed by atoms with van der Waals surface area (Å²) in [5.74, 6) is -0.812. The van der Waals surface area contributed by atoms with Crippen molar-refractivity contribution in [1.29, 1.82) is 0 Å². The fourth-order valence-electron chi connectivity index (χ4n) is 3.22. The van der Waals surface area contributed by atoms with Gasteiger partial charge in [0.05, 0.1) is 27.6 Å². The predicted molar refractivity (Wildman–Crippen MR) is 127 cm³/mol. The number of carbonyl (C=O) groups excluding carboxylic acids is 1. The first-order valence-electron chi connectivity index (χ1n) is 9.97. The third-order valence-electron chi connectivity index (χ3n) is 4.84. The van der Waals surface area contributed by atoms with Crippen LogP contribution in [0.25, 0.3) is 6.08 Å². The maximum Gasteiger partial charge on any atom is 0.363 e. The second-order valence-corrected chi connectivity index (χ2v) is 8.02. The van der Waals surface area contributed by atoms with Crippen LogP contribution in [0.15, 0.2) is 65.3 Å². The molecular weight excluding hydrogens is 502 g/mol. The third-order valence-corrected chi connectivity index (χ3v) is 5.45. The molecule has 0 N–H and O–H groups in total. The summed E-state index contributed by atoms with van der Waals surface area (Å²) in [5, 5.41) is 11.4. The van der Waals surface area contributed by atoms with Crippen molar-refractivity contribution in [3.8, 4) is 11.5 Å². The minimum Gasteiger partial charge on any atom is -0.493 e. The molecule has 0 saturated carbocycles. The van der Waals surface area contributed by atoms with Gasteiger partial charge in [0.2, 0.25) is 5.90 Å². The van der Waals surface area contributed by atoms with Gasteiger partial charge in [-0.25, -0.2) is 14.2 Å². The number of benzene rings is 3. The Hall–Kier alpha value is -3.95. The summed E-state index contributed by atoms with van der Waals surface area (Å²) in [6.45, 7) is 0.0538. The minimum atomic E-state index is -0.774. The Bertz CT molecular complexity index is 1410. The second-order valence-electron chi connectivity index (χ2n) is 7.21. The van der Waals surface area contributed by atoms with E-state index in [0.29, 0.717) is 11.1 Å². The van der Waals surface area contributed by atoms with Crippen LogP contribution in [0, 0.1) is 15.9 Å². The number of rotatable bonds is 7. The zero-order valence-corrected chi connectivity index (χ0v) is 19.5. The van der Waals surface area contributed by atoms with Gasteiger partial charge in [-0.2, -0.15) is 0 Å². The molecule has 3 aromatic carbocycles. The molecule has 1 heterocycles.